The summed E-state index contributed by atoms with van der Waals surface area (Å²) in [5, 5.41) is 0. The predicted molar refractivity (Wildman–Crippen MR) is 137 cm³/mol. The topological polar surface area (TPSA) is 78.0 Å². The molecule has 3 rings (SSSR count). The van der Waals surface area contributed by atoms with Gasteiger partial charge < -0.3 is 19.1 Å². The average Bonchev–Trinajstić information content (AvgIpc) is 2.89. The Bertz CT molecular complexity index is 1160. The first kappa shape index (κ1) is 29.2. The number of amides is 1. The van der Waals surface area contributed by atoms with Crippen molar-refractivity contribution in [1.82, 2.24) is 4.98 Å². The Morgan fingerprint density at radius 3 is 2.45 bits per heavy atom. The molecule has 0 spiro atoms. The van der Waals surface area contributed by atoms with Crippen LogP contribution in [0.25, 0.3) is 6.08 Å². The van der Waals surface area contributed by atoms with Crippen molar-refractivity contribution >= 4 is 23.6 Å². The molecule has 1 aliphatic rings. The van der Waals surface area contributed by atoms with E-state index in [0.29, 0.717) is 5.92 Å². The maximum absolute atomic E-state index is 13.7. The number of carbonyl (C=O) groups excluding carboxylic acids is 2. The predicted octanol–water partition coefficient (Wildman–Crippen LogP) is 6.52. The van der Waals surface area contributed by atoms with E-state index in [1.807, 2.05) is 0 Å². The molecule has 206 valence electrons. The Morgan fingerprint density at radius 1 is 1.18 bits per heavy atom. The molecule has 38 heavy (non-hydrogen) atoms. The molecule has 10 heteroatoms. The van der Waals surface area contributed by atoms with Crippen LogP contribution < -0.4 is 9.64 Å². The van der Waals surface area contributed by atoms with Crippen LogP contribution in [0.15, 0.2) is 37.0 Å². The summed E-state index contributed by atoms with van der Waals surface area (Å²) in [7, 11) is 2.70. The summed E-state index contributed by atoms with van der Waals surface area (Å²) in [5.74, 6) is -1.33. The Labute approximate surface area is 220 Å². The van der Waals surface area contributed by atoms with Gasteiger partial charge in [0.15, 0.2) is 0 Å². The maximum atomic E-state index is 13.7. The minimum atomic E-state index is -4.73. The van der Waals surface area contributed by atoms with Crippen LogP contribution in [0.4, 0.5) is 18.9 Å². The summed E-state index contributed by atoms with van der Waals surface area (Å²) in [6.45, 7) is 7.64. The minimum absolute atomic E-state index is 0.0262. The largest absolute Gasteiger partial charge is 0.465 e. The molecule has 1 amide bonds. The van der Waals surface area contributed by atoms with Crippen molar-refractivity contribution < 1.29 is 37.0 Å². The summed E-state index contributed by atoms with van der Waals surface area (Å²) < 4.78 is 56.7. The Hall–Kier alpha value is -3.40. The highest BCUT2D eigenvalue weighted by atomic mass is 19.4. The number of pyridine rings is 1. The van der Waals surface area contributed by atoms with Crippen LogP contribution in [0.1, 0.15) is 61.0 Å². The number of halogens is 3. The second-order valence-corrected chi connectivity index (χ2v) is 9.57. The zero-order valence-electron chi connectivity index (χ0n) is 22.0. The number of aromatic nitrogens is 1. The zero-order chi connectivity index (χ0) is 28.0. The zero-order valence-corrected chi connectivity index (χ0v) is 22.0. The lowest BCUT2D eigenvalue weighted by Crippen LogP contribution is -2.46. The molecule has 2 aromatic rings. The van der Waals surface area contributed by atoms with Crippen LogP contribution in [-0.4, -0.2) is 43.7 Å². The molecule has 1 saturated carbocycles. The Balaban J connectivity index is 2.05. The molecule has 0 unspecified atom stereocenters. The molecule has 1 aromatic heterocycles. The first-order valence-electron chi connectivity index (χ1n) is 12.4. The molecular formula is C28H33F3N2O5. The van der Waals surface area contributed by atoms with Crippen LogP contribution in [-0.2, 0) is 20.4 Å². The highest BCUT2D eigenvalue weighted by Crippen LogP contribution is 2.39. The van der Waals surface area contributed by atoms with Gasteiger partial charge in [-0.25, -0.2) is 9.78 Å². The van der Waals surface area contributed by atoms with Gasteiger partial charge in [-0.15, -0.1) is 0 Å². The fourth-order valence-corrected chi connectivity index (χ4v) is 4.63. The fourth-order valence-electron chi connectivity index (χ4n) is 4.63. The Morgan fingerprint density at radius 2 is 1.87 bits per heavy atom. The van der Waals surface area contributed by atoms with E-state index in [0.717, 1.165) is 31.7 Å². The third kappa shape index (κ3) is 6.72. The number of esters is 1. The first-order chi connectivity index (χ1) is 18.0. The number of nitrogens with zero attached hydrogens (tertiary/aromatic N) is 2. The number of methoxy groups -OCH3 is 2. The van der Waals surface area contributed by atoms with Crippen LogP contribution in [0.2, 0.25) is 0 Å². The number of ether oxygens (including phenoxy) is 3. The number of alkyl halides is 3. The van der Waals surface area contributed by atoms with E-state index in [4.69, 9.17) is 14.2 Å². The van der Waals surface area contributed by atoms with E-state index < -0.39 is 29.6 Å². The molecule has 0 N–H and O–H groups in total. The lowest BCUT2D eigenvalue weighted by atomic mass is 9.82. The van der Waals surface area contributed by atoms with Crippen molar-refractivity contribution in [2.24, 2.45) is 11.8 Å². The smallest absolute Gasteiger partial charge is 0.421 e. The van der Waals surface area contributed by atoms with Crippen LogP contribution >= 0.6 is 0 Å². The van der Waals surface area contributed by atoms with Gasteiger partial charge in [0.1, 0.15) is 11.3 Å². The van der Waals surface area contributed by atoms with E-state index in [9.17, 15) is 22.8 Å². The molecule has 1 aromatic carbocycles. The number of hydrogen-bond donors (Lipinski definition) is 0. The molecular weight excluding hydrogens is 501 g/mol. The van der Waals surface area contributed by atoms with Crippen molar-refractivity contribution in [1.29, 1.82) is 0 Å². The SMILES string of the molecule is C=Cc1cnc(Oc2ccc(N(C(=O)C3CCC(C)CC3)[C@@H](C)COC)c(C(=O)OC)c2)c(C(F)(F)F)c1. The number of rotatable bonds is 9. The summed E-state index contributed by atoms with van der Waals surface area (Å²) in [5.41, 5.74) is -0.672. The van der Waals surface area contributed by atoms with E-state index in [2.05, 4.69) is 18.5 Å². The number of anilines is 1. The van der Waals surface area contributed by atoms with Gasteiger partial charge in [-0.3, -0.25) is 4.79 Å². The van der Waals surface area contributed by atoms with Gasteiger partial charge in [-0.05, 0) is 68.4 Å². The van der Waals surface area contributed by atoms with Crippen LogP contribution in [0, 0.1) is 11.8 Å². The molecule has 0 saturated heterocycles. The van der Waals surface area contributed by atoms with Crippen molar-refractivity contribution in [2.45, 2.75) is 51.7 Å². The second kappa shape index (κ2) is 12.4. The molecule has 1 atom stereocenters. The summed E-state index contributed by atoms with van der Waals surface area (Å²) in [4.78, 5) is 31.9. The van der Waals surface area contributed by atoms with Gasteiger partial charge in [-0.1, -0.05) is 19.6 Å². The third-order valence-electron chi connectivity index (χ3n) is 6.71. The number of hydrogen-bond acceptors (Lipinski definition) is 6. The van der Waals surface area contributed by atoms with Crippen LogP contribution in [0.5, 0.6) is 11.6 Å². The van der Waals surface area contributed by atoms with Crippen molar-refractivity contribution in [3.05, 3.63) is 53.7 Å². The lowest BCUT2D eigenvalue weighted by molar-refractivity contribution is -0.139. The highest BCUT2D eigenvalue weighted by molar-refractivity contribution is 6.04. The second-order valence-electron chi connectivity index (χ2n) is 9.57. The molecule has 0 bridgehead atoms. The van der Waals surface area contributed by atoms with Crippen molar-refractivity contribution in [2.75, 3.05) is 25.7 Å². The Kier molecular flexibility index (Phi) is 9.54. The molecule has 1 heterocycles. The fraction of sp³-hybridized carbons (Fsp3) is 0.464. The van der Waals surface area contributed by atoms with E-state index in [1.54, 1.807) is 6.92 Å². The van der Waals surface area contributed by atoms with Gasteiger partial charge >= 0.3 is 12.1 Å². The van der Waals surface area contributed by atoms with Gasteiger partial charge in [0.25, 0.3) is 0 Å². The normalized spacial score (nSPS) is 18.4. The quantitative estimate of drug-likeness (QED) is 0.341. The van der Waals surface area contributed by atoms with E-state index >= 15 is 0 Å². The van der Waals surface area contributed by atoms with Gasteiger partial charge in [0.2, 0.25) is 11.8 Å². The lowest BCUT2D eigenvalue weighted by Gasteiger charge is -2.35. The van der Waals surface area contributed by atoms with Gasteiger partial charge in [0, 0.05) is 19.2 Å². The maximum Gasteiger partial charge on any atom is 0.421 e. The standard InChI is InChI=1S/C28H33F3N2O5/c1-6-19-13-23(28(29,30)31)25(32-15-19)38-21-11-12-24(22(14-21)27(35)37-5)33(18(3)16-36-4)26(34)20-9-7-17(2)8-10-20/h6,11-15,17-18,20H,1,7-10,16H2,2-5H3/t17?,18-,20?/m0/s1. The summed E-state index contributed by atoms with van der Waals surface area (Å²) >= 11 is 0. The minimum Gasteiger partial charge on any atom is -0.465 e. The molecule has 0 radical (unpaired) electrons. The molecule has 1 aliphatic carbocycles. The van der Waals surface area contributed by atoms with Crippen molar-refractivity contribution in [3.63, 3.8) is 0 Å². The molecule has 0 aliphatic heterocycles. The summed E-state index contributed by atoms with van der Waals surface area (Å²) in [6.07, 6.45) is 1.04. The van der Waals surface area contributed by atoms with E-state index in [1.165, 1.54) is 49.6 Å². The van der Waals surface area contributed by atoms with Crippen LogP contribution in [0.3, 0.4) is 0 Å². The van der Waals surface area contributed by atoms with E-state index in [-0.39, 0.29) is 41.0 Å². The van der Waals surface area contributed by atoms with Gasteiger partial charge in [0.05, 0.1) is 31.0 Å². The first-order valence-corrected chi connectivity index (χ1v) is 12.4. The average molecular weight is 535 g/mol. The van der Waals surface area contributed by atoms with Crippen molar-refractivity contribution in [3.8, 4) is 11.6 Å². The van der Waals surface area contributed by atoms with Gasteiger partial charge in [-0.2, -0.15) is 13.2 Å². The number of carbonyl (C=O) groups is 2. The highest BCUT2D eigenvalue weighted by Gasteiger charge is 2.37. The molecule has 7 nitrogen and oxygen atoms in total. The monoisotopic (exact) mass is 534 g/mol. The summed E-state index contributed by atoms with van der Waals surface area (Å²) in [6, 6.07) is 4.58. The molecule has 1 fully saturated rings. The number of benzene rings is 1. The third-order valence-corrected chi connectivity index (χ3v) is 6.71.